The minimum absolute atomic E-state index is 0.000746. The maximum atomic E-state index is 4.66. The highest BCUT2D eigenvalue weighted by atomic mass is 15.3. The molecule has 1 unspecified atom stereocenters. The molecule has 0 saturated heterocycles. The van der Waals surface area contributed by atoms with E-state index in [0.717, 1.165) is 40.8 Å². The Balaban J connectivity index is 1.86. The lowest BCUT2D eigenvalue weighted by Gasteiger charge is -2.16. The van der Waals surface area contributed by atoms with Gasteiger partial charge in [0.15, 0.2) is 5.65 Å². The van der Waals surface area contributed by atoms with Crippen molar-refractivity contribution in [1.29, 1.82) is 0 Å². The fourth-order valence-corrected chi connectivity index (χ4v) is 3.23. The molecule has 0 aliphatic heterocycles. The minimum atomic E-state index is 0.000746. The molecule has 0 bridgehead atoms. The monoisotopic (exact) mass is 336 g/mol. The summed E-state index contributed by atoms with van der Waals surface area (Å²) >= 11 is 0. The lowest BCUT2D eigenvalue weighted by molar-refractivity contribution is 0.530. The van der Waals surface area contributed by atoms with E-state index in [0.29, 0.717) is 0 Å². The number of nitrogens with zero attached hydrogens (tertiary/aromatic N) is 8. The fraction of sp³-hybridized carbons (Fsp3) is 0.353. The first kappa shape index (κ1) is 15.5. The molecule has 4 heterocycles. The van der Waals surface area contributed by atoms with Crippen LogP contribution in [-0.2, 0) is 6.54 Å². The van der Waals surface area contributed by atoms with Crippen LogP contribution in [0.2, 0.25) is 0 Å². The van der Waals surface area contributed by atoms with E-state index in [9.17, 15) is 0 Å². The molecule has 4 aromatic rings. The third kappa shape index (κ3) is 2.41. The summed E-state index contributed by atoms with van der Waals surface area (Å²) < 4.78 is 5.84. The van der Waals surface area contributed by atoms with E-state index in [1.54, 1.807) is 12.5 Å². The van der Waals surface area contributed by atoms with Gasteiger partial charge in [-0.25, -0.2) is 24.1 Å². The average Bonchev–Trinajstić information content (AvgIpc) is 3.32. The second kappa shape index (κ2) is 5.80. The molecule has 0 aromatic carbocycles. The maximum absolute atomic E-state index is 4.66. The van der Waals surface area contributed by atoms with Gasteiger partial charge in [0, 0.05) is 30.3 Å². The highest BCUT2D eigenvalue weighted by molar-refractivity contribution is 5.73. The summed E-state index contributed by atoms with van der Waals surface area (Å²) in [7, 11) is 0. The lowest BCUT2D eigenvalue weighted by Crippen LogP contribution is -2.14. The Morgan fingerprint density at radius 3 is 2.80 bits per heavy atom. The van der Waals surface area contributed by atoms with Crippen molar-refractivity contribution in [1.82, 2.24) is 38.9 Å². The average molecular weight is 336 g/mol. The van der Waals surface area contributed by atoms with Crippen LogP contribution < -0.4 is 0 Å². The quantitative estimate of drug-likeness (QED) is 0.572. The summed E-state index contributed by atoms with van der Waals surface area (Å²) in [6, 6.07) is 2.02. The molecule has 0 spiro atoms. The van der Waals surface area contributed by atoms with Gasteiger partial charge in [0.05, 0.1) is 17.8 Å². The molecule has 0 fully saturated rings. The van der Waals surface area contributed by atoms with Gasteiger partial charge in [-0.2, -0.15) is 10.2 Å². The van der Waals surface area contributed by atoms with E-state index >= 15 is 0 Å². The van der Waals surface area contributed by atoms with Crippen LogP contribution in [0, 0.1) is 13.8 Å². The molecule has 4 aromatic heterocycles. The normalized spacial score (nSPS) is 12.8. The van der Waals surface area contributed by atoms with Crippen molar-refractivity contribution in [2.75, 3.05) is 0 Å². The highest BCUT2D eigenvalue weighted by Gasteiger charge is 2.21. The number of hydrogen-bond acceptors (Lipinski definition) is 5. The summed E-state index contributed by atoms with van der Waals surface area (Å²) in [5.74, 6) is 1.73. The summed E-state index contributed by atoms with van der Waals surface area (Å²) in [4.78, 5) is 13.7. The SMILES string of the molecule is CCn1ncnc1C(C)n1ccnc1-c1cnn2c(C)cc(C)nc12. The number of hydrogen-bond donors (Lipinski definition) is 0. The fourth-order valence-electron chi connectivity index (χ4n) is 3.23. The predicted octanol–water partition coefficient (Wildman–Crippen LogP) is 2.43. The van der Waals surface area contributed by atoms with Gasteiger partial charge >= 0.3 is 0 Å². The molecule has 8 heteroatoms. The van der Waals surface area contributed by atoms with Crippen LogP contribution >= 0.6 is 0 Å². The van der Waals surface area contributed by atoms with Crippen molar-refractivity contribution in [2.45, 2.75) is 40.3 Å². The topological polar surface area (TPSA) is 78.7 Å². The van der Waals surface area contributed by atoms with Crippen molar-refractivity contribution in [3.05, 3.63) is 48.2 Å². The van der Waals surface area contributed by atoms with E-state index in [2.05, 4.69) is 43.6 Å². The molecule has 25 heavy (non-hydrogen) atoms. The van der Waals surface area contributed by atoms with Crippen molar-refractivity contribution in [2.24, 2.45) is 0 Å². The molecule has 8 nitrogen and oxygen atoms in total. The van der Waals surface area contributed by atoms with Crippen molar-refractivity contribution in [3.63, 3.8) is 0 Å². The zero-order chi connectivity index (χ0) is 17.6. The van der Waals surface area contributed by atoms with E-state index < -0.39 is 0 Å². The van der Waals surface area contributed by atoms with Gasteiger partial charge in [-0.3, -0.25) is 0 Å². The van der Waals surface area contributed by atoms with Gasteiger partial charge in [0.1, 0.15) is 18.0 Å². The van der Waals surface area contributed by atoms with Gasteiger partial charge in [-0.15, -0.1) is 0 Å². The zero-order valence-corrected chi connectivity index (χ0v) is 14.7. The molecule has 0 aliphatic rings. The Bertz CT molecular complexity index is 1040. The smallest absolute Gasteiger partial charge is 0.166 e. The molecular formula is C17H20N8. The molecule has 0 radical (unpaired) electrons. The Hall–Kier alpha value is -3.03. The molecule has 1 atom stereocenters. The Morgan fingerprint density at radius 2 is 2.00 bits per heavy atom. The molecular weight excluding hydrogens is 316 g/mol. The number of aryl methyl sites for hydroxylation is 3. The molecule has 4 rings (SSSR count). The van der Waals surface area contributed by atoms with Gasteiger partial charge in [-0.1, -0.05) is 0 Å². The number of rotatable bonds is 4. The Labute approximate surface area is 145 Å². The Kier molecular flexibility index (Phi) is 3.60. The van der Waals surface area contributed by atoms with Crippen LogP contribution in [0.15, 0.2) is 31.0 Å². The number of fused-ring (bicyclic) bond motifs is 1. The van der Waals surface area contributed by atoms with Gasteiger partial charge in [-0.05, 0) is 33.8 Å². The molecule has 0 aliphatic carbocycles. The minimum Gasteiger partial charge on any atom is -0.320 e. The molecule has 0 amide bonds. The van der Waals surface area contributed by atoms with E-state index in [1.807, 2.05) is 41.5 Å². The van der Waals surface area contributed by atoms with Gasteiger partial charge in [0.25, 0.3) is 0 Å². The van der Waals surface area contributed by atoms with Crippen LogP contribution in [-0.4, -0.2) is 38.9 Å². The van der Waals surface area contributed by atoms with E-state index in [1.165, 1.54) is 0 Å². The second-order valence-corrected chi connectivity index (χ2v) is 6.10. The number of imidazole rings is 1. The van der Waals surface area contributed by atoms with E-state index in [4.69, 9.17) is 0 Å². The summed E-state index contributed by atoms with van der Waals surface area (Å²) in [6.07, 6.45) is 7.17. The van der Waals surface area contributed by atoms with E-state index in [-0.39, 0.29) is 6.04 Å². The first-order valence-electron chi connectivity index (χ1n) is 8.33. The first-order chi connectivity index (χ1) is 12.1. The predicted molar refractivity (Wildman–Crippen MR) is 93.2 cm³/mol. The Morgan fingerprint density at radius 1 is 1.16 bits per heavy atom. The van der Waals surface area contributed by atoms with Crippen molar-refractivity contribution < 1.29 is 0 Å². The first-order valence-corrected chi connectivity index (χ1v) is 8.33. The van der Waals surface area contributed by atoms with Crippen LogP contribution in [0.4, 0.5) is 0 Å². The van der Waals surface area contributed by atoms with Gasteiger partial charge in [0.2, 0.25) is 0 Å². The van der Waals surface area contributed by atoms with Crippen molar-refractivity contribution >= 4 is 5.65 Å². The van der Waals surface area contributed by atoms with Crippen LogP contribution in [0.5, 0.6) is 0 Å². The third-order valence-electron chi connectivity index (χ3n) is 4.42. The largest absolute Gasteiger partial charge is 0.320 e. The summed E-state index contributed by atoms with van der Waals surface area (Å²) in [5.41, 5.74) is 3.73. The van der Waals surface area contributed by atoms with Crippen LogP contribution in [0.1, 0.15) is 37.1 Å². The third-order valence-corrected chi connectivity index (χ3v) is 4.42. The molecule has 128 valence electrons. The summed E-state index contributed by atoms with van der Waals surface area (Å²) in [6.45, 7) is 8.94. The maximum Gasteiger partial charge on any atom is 0.166 e. The highest BCUT2D eigenvalue weighted by Crippen LogP contribution is 2.27. The number of aromatic nitrogens is 8. The lowest BCUT2D eigenvalue weighted by atomic mass is 10.2. The van der Waals surface area contributed by atoms with Crippen LogP contribution in [0.25, 0.3) is 17.0 Å². The molecule has 0 saturated carbocycles. The van der Waals surface area contributed by atoms with Crippen LogP contribution in [0.3, 0.4) is 0 Å². The standard InChI is InChI=1S/C17H20N8/c1-5-24-15(19-10-21-24)13(4)23-7-6-18-16(23)14-9-20-25-12(3)8-11(2)22-17(14)25/h6-10,13H,5H2,1-4H3. The second-order valence-electron chi connectivity index (χ2n) is 6.10. The van der Waals surface area contributed by atoms with Gasteiger partial charge < -0.3 is 4.57 Å². The van der Waals surface area contributed by atoms with Crippen molar-refractivity contribution in [3.8, 4) is 11.4 Å². The zero-order valence-electron chi connectivity index (χ0n) is 14.7. The summed E-state index contributed by atoms with van der Waals surface area (Å²) in [5, 5.41) is 8.75. The molecule has 0 N–H and O–H groups in total.